The maximum atomic E-state index is 13.3. The summed E-state index contributed by atoms with van der Waals surface area (Å²) in [6.07, 6.45) is -6.68. The van der Waals surface area contributed by atoms with E-state index < -0.39 is 37.3 Å². The van der Waals surface area contributed by atoms with Gasteiger partial charge >= 0.3 is 0 Å². The number of hydrogen-bond donors (Lipinski definition) is 4. The van der Waals surface area contributed by atoms with Crippen LogP contribution in [-0.4, -0.2) is 57.7 Å². The summed E-state index contributed by atoms with van der Waals surface area (Å²) in [5.74, 6) is 0.0172. The fourth-order valence-electron chi connectivity index (χ4n) is 2.69. The summed E-state index contributed by atoms with van der Waals surface area (Å²) in [5.41, 5.74) is 1.49. The van der Waals surface area contributed by atoms with Crippen LogP contribution in [0.15, 0.2) is 48.5 Å². The van der Waals surface area contributed by atoms with Gasteiger partial charge in [-0.3, -0.25) is 0 Å². The van der Waals surface area contributed by atoms with Crippen LogP contribution in [0.1, 0.15) is 0 Å². The van der Waals surface area contributed by atoms with Crippen LogP contribution in [0.4, 0.5) is 4.39 Å². The number of aliphatic hydroxyl groups is 4. The molecule has 1 fully saturated rings. The summed E-state index contributed by atoms with van der Waals surface area (Å²) in [7, 11) is 0. The molecule has 1 saturated heterocycles. The standard InChI is InChI=1S/C18H19FO6/c19-12-3-1-2-11(8-12)10-4-6-13(7-5-10)24-18-17(23)16(22)15(21)14(9-20)25-18/h1-8,14-18,20-23H,9H2. The van der Waals surface area contributed by atoms with Gasteiger partial charge in [-0.05, 0) is 35.4 Å². The lowest BCUT2D eigenvalue weighted by atomic mass is 9.99. The van der Waals surface area contributed by atoms with E-state index in [1.165, 1.54) is 12.1 Å². The van der Waals surface area contributed by atoms with Crippen molar-refractivity contribution in [1.82, 2.24) is 0 Å². The molecule has 3 rings (SSSR count). The zero-order chi connectivity index (χ0) is 18.0. The molecule has 0 saturated carbocycles. The Hall–Kier alpha value is -2.03. The van der Waals surface area contributed by atoms with E-state index in [-0.39, 0.29) is 5.82 Å². The number of benzene rings is 2. The molecule has 25 heavy (non-hydrogen) atoms. The molecule has 1 aliphatic heterocycles. The maximum Gasteiger partial charge on any atom is 0.229 e. The predicted molar refractivity (Wildman–Crippen MR) is 86.2 cm³/mol. The van der Waals surface area contributed by atoms with Crippen LogP contribution in [0.2, 0.25) is 0 Å². The van der Waals surface area contributed by atoms with Gasteiger partial charge in [-0.1, -0.05) is 24.3 Å². The van der Waals surface area contributed by atoms with Crippen molar-refractivity contribution in [3.05, 3.63) is 54.3 Å². The summed E-state index contributed by atoms with van der Waals surface area (Å²) >= 11 is 0. The molecule has 0 aliphatic carbocycles. The normalized spacial score (nSPS) is 29.4. The predicted octanol–water partition coefficient (Wildman–Crippen LogP) is 0.671. The van der Waals surface area contributed by atoms with Crippen LogP contribution in [0.25, 0.3) is 11.1 Å². The Morgan fingerprint density at radius 2 is 1.64 bits per heavy atom. The van der Waals surface area contributed by atoms with Gasteiger partial charge in [-0.2, -0.15) is 0 Å². The minimum atomic E-state index is -1.50. The van der Waals surface area contributed by atoms with Gasteiger partial charge in [0, 0.05) is 0 Å². The molecule has 0 radical (unpaired) electrons. The monoisotopic (exact) mass is 350 g/mol. The van der Waals surface area contributed by atoms with E-state index >= 15 is 0 Å². The van der Waals surface area contributed by atoms with Crippen molar-refractivity contribution in [2.75, 3.05) is 6.61 Å². The van der Waals surface area contributed by atoms with E-state index in [1.54, 1.807) is 36.4 Å². The first-order valence-corrected chi connectivity index (χ1v) is 7.83. The van der Waals surface area contributed by atoms with Crippen molar-refractivity contribution < 1.29 is 34.3 Å². The second kappa shape index (κ2) is 7.47. The molecule has 4 N–H and O–H groups in total. The largest absolute Gasteiger partial charge is 0.462 e. The Balaban J connectivity index is 1.73. The summed E-state index contributed by atoms with van der Waals surface area (Å²) in [6.45, 7) is -0.524. The highest BCUT2D eigenvalue weighted by molar-refractivity contribution is 5.64. The highest BCUT2D eigenvalue weighted by Crippen LogP contribution is 2.27. The van der Waals surface area contributed by atoms with Crippen LogP contribution in [0.5, 0.6) is 5.75 Å². The van der Waals surface area contributed by atoms with Crippen molar-refractivity contribution in [1.29, 1.82) is 0 Å². The first-order chi connectivity index (χ1) is 12.0. The second-order valence-corrected chi connectivity index (χ2v) is 5.85. The molecular formula is C18H19FO6. The second-order valence-electron chi connectivity index (χ2n) is 5.85. The molecule has 2 aromatic carbocycles. The first kappa shape index (κ1) is 17.8. The Labute approximate surface area is 143 Å². The minimum absolute atomic E-state index is 0.334. The number of aliphatic hydroxyl groups excluding tert-OH is 4. The Morgan fingerprint density at radius 3 is 2.28 bits per heavy atom. The Bertz CT molecular complexity index is 705. The first-order valence-electron chi connectivity index (χ1n) is 7.83. The molecule has 7 heteroatoms. The molecule has 6 nitrogen and oxygen atoms in total. The summed E-state index contributed by atoms with van der Waals surface area (Å²) in [6, 6.07) is 12.8. The van der Waals surface area contributed by atoms with Crippen LogP contribution in [-0.2, 0) is 4.74 Å². The Morgan fingerprint density at radius 1 is 0.920 bits per heavy atom. The molecule has 5 atom stereocenters. The van der Waals surface area contributed by atoms with Crippen LogP contribution in [0.3, 0.4) is 0 Å². The average Bonchev–Trinajstić information content (AvgIpc) is 2.63. The van der Waals surface area contributed by atoms with Gasteiger partial charge in [-0.25, -0.2) is 4.39 Å². The summed E-state index contributed by atoms with van der Waals surface area (Å²) in [5, 5.41) is 38.6. The number of rotatable bonds is 4. The van der Waals surface area contributed by atoms with E-state index in [0.29, 0.717) is 11.3 Å². The van der Waals surface area contributed by atoms with E-state index in [1.807, 2.05) is 0 Å². The number of halogens is 1. The van der Waals surface area contributed by atoms with Crippen LogP contribution in [0, 0.1) is 5.82 Å². The molecule has 2 aromatic rings. The van der Waals surface area contributed by atoms with Gasteiger partial charge in [0.1, 0.15) is 36.0 Å². The third-order valence-corrected chi connectivity index (χ3v) is 4.11. The van der Waals surface area contributed by atoms with E-state index in [4.69, 9.17) is 9.47 Å². The smallest absolute Gasteiger partial charge is 0.229 e. The van der Waals surface area contributed by atoms with Crippen molar-refractivity contribution in [3.63, 3.8) is 0 Å². The molecule has 0 amide bonds. The number of hydrogen-bond acceptors (Lipinski definition) is 6. The lowest BCUT2D eigenvalue weighted by molar-refractivity contribution is -0.277. The van der Waals surface area contributed by atoms with Crippen molar-refractivity contribution in [2.45, 2.75) is 30.7 Å². The summed E-state index contributed by atoms with van der Waals surface area (Å²) in [4.78, 5) is 0. The lowest BCUT2D eigenvalue weighted by Gasteiger charge is -2.39. The molecule has 0 spiro atoms. The SMILES string of the molecule is OCC1OC(Oc2ccc(-c3cccc(F)c3)cc2)C(O)C(O)C1O. The molecule has 134 valence electrons. The molecule has 1 aliphatic rings. The molecule has 0 aromatic heterocycles. The zero-order valence-electron chi connectivity index (χ0n) is 13.2. The molecule has 5 unspecified atom stereocenters. The van der Waals surface area contributed by atoms with Gasteiger partial charge in [0.2, 0.25) is 6.29 Å². The lowest BCUT2D eigenvalue weighted by Crippen LogP contribution is -2.60. The van der Waals surface area contributed by atoms with Crippen molar-refractivity contribution in [3.8, 4) is 16.9 Å². The van der Waals surface area contributed by atoms with E-state index in [2.05, 4.69) is 0 Å². The number of ether oxygens (including phenoxy) is 2. The third-order valence-electron chi connectivity index (χ3n) is 4.11. The quantitative estimate of drug-likeness (QED) is 0.647. The van der Waals surface area contributed by atoms with Gasteiger partial charge in [0.15, 0.2) is 0 Å². The van der Waals surface area contributed by atoms with Gasteiger partial charge in [-0.15, -0.1) is 0 Å². The van der Waals surface area contributed by atoms with Crippen LogP contribution >= 0.6 is 0 Å². The topological polar surface area (TPSA) is 99.4 Å². The minimum Gasteiger partial charge on any atom is -0.462 e. The molecule has 0 bridgehead atoms. The fourth-order valence-corrected chi connectivity index (χ4v) is 2.69. The Kier molecular flexibility index (Phi) is 5.31. The molecular weight excluding hydrogens is 331 g/mol. The van der Waals surface area contributed by atoms with E-state index in [9.17, 15) is 24.8 Å². The van der Waals surface area contributed by atoms with E-state index in [0.717, 1.165) is 5.56 Å². The highest BCUT2D eigenvalue weighted by atomic mass is 19.1. The van der Waals surface area contributed by atoms with Gasteiger partial charge < -0.3 is 29.9 Å². The third kappa shape index (κ3) is 3.81. The maximum absolute atomic E-state index is 13.3. The van der Waals surface area contributed by atoms with Gasteiger partial charge in [0.25, 0.3) is 0 Å². The fraction of sp³-hybridized carbons (Fsp3) is 0.333. The van der Waals surface area contributed by atoms with Crippen LogP contribution < -0.4 is 4.74 Å². The summed E-state index contributed by atoms with van der Waals surface area (Å²) < 4.78 is 24.1. The highest BCUT2D eigenvalue weighted by Gasteiger charge is 2.44. The van der Waals surface area contributed by atoms with Gasteiger partial charge in [0.05, 0.1) is 6.61 Å². The van der Waals surface area contributed by atoms with Crippen molar-refractivity contribution >= 4 is 0 Å². The van der Waals surface area contributed by atoms with Crippen molar-refractivity contribution in [2.24, 2.45) is 0 Å². The zero-order valence-corrected chi connectivity index (χ0v) is 13.2. The molecule has 1 heterocycles. The average molecular weight is 350 g/mol.